The van der Waals surface area contributed by atoms with Crippen LogP contribution in [0.25, 0.3) is 6.08 Å². The summed E-state index contributed by atoms with van der Waals surface area (Å²) in [6.45, 7) is 4.43. The second-order valence-corrected chi connectivity index (χ2v) is 6.25. The molecule has 1 fully saturated rings. The maximum Gasteiger partial charge on any atom is 0.328 e. The average molecular weight is 287 g/mol. The van der Waals surface area contributed by atoms with Crippen molar-refractivity contribution in [3.63, 3.8) is 0 Å². The molecule has 2 unspecified atom stereocenters. The molecule has 0 saturated heterocycles. The zero-order valence-corrected chi connectivity index (χ0v) is 13.2. The van der Waals surface area contributed by atoms with Crippen molar-refractivity contribution in [2.75, 3.05) is 11.9 Å². The lowest BCUT2D eigenvalue weighted by atomic mass is 9.86. The number of aryl methyl sites for hydroxylation is 1. The van der Waals surface area contributed by atoms with Crippen molar-refractivity contribution in [3.05, 3.63) is 35.4 Å². The molecule has 114 valence electrons. The predicted molar refractivity (Wildman–Crippen MR) is 87.7 cm³/mol. The molecule has 1 aromatic rings. The van der Waals surface area contributed by atoms with E-state index in [4.69, 9.17) is 5.11 Å². The standard InChI is InChI=1S/C18H25NO2/c1-13-5-4-6-16(11-13)19(3)17-9-7-15(12-14(17)2)8-10-18(20)21/h7-10,12-13,16H,4-6,11H2,1-3H3,(H,20,21). The highest BCUT2D eigenvalue weighted by Gasteiger charge is 2.23. The molecule has 3 nitrogen and oxygen atoms in total. The fourth-order valence-corrected chi connectivity index (χ4v) is 3.30. The van der Waals surface area contributed by atoms with Crippen LogP contribution in [0, 0.1) is 12.8 Å². The first-order chi connectivity index (χ1) is 9.97. The summed E-state index contributed by atoms with van der Waals surface area (Å²) in [4.78, 5) is 13.0. The summed E-state index contributed by atoms with van der Waals surface area (Å²) < 4.78 is 0. The Hall–Kier alpha value is -1.77. The maximum atomic E-state index is 10.6. The Balaban J connectivity index is 2.14. The third-order valence-corrected chi connectivity index (χ3v) is 4.48. The summed E-state index contributed by atoms with van der Waals surface area (Å²) in [5.41, 5.74) is 3.38. The minimum atomic E-state index is -0.912. The molecule has 0 bridgehead atoms. The lowest BCUT2D eigenvalue weighted by Gasteiger charge is -2.36. The van der Waals surface area contributed by atoms with Gasteiger partial charge in [0.2, 0.25) is 0 Å². The monoisotopic (exact) mass is 287 g/mol. The van der Waals surface area contributed by atoms with Crippen molar-refractivity contribution in [1.29, 1.82) is 0 Å². The van der Waals surface area contributed by atoms with Crippen LogP contribution >= 0.6 is 0 Å². The van der Waals surface area contributed by atoms with Crippen LogP contribution in [0.2, 0.25) is 0 Å². The molecule has 3 heteroatoms. The van der Waals surface area contributed by atoms with Crippen LogP contribution < -0.4 is 4.90 Å². The number of benzene rings is 1. The number of carboxylic acids is 1. The van der Waals surface area contributed by atoms with Gasteiger partial charge in [0.15, 0.2) is 0 Å². The van der Waals surface area contributed by atoms with Gasteiger partial charge in [-0.25, -0.2) is 4.79 Å². The molecule has 1 saturated carbocycles. The second kappa shape index (κ2) is 6.79. The van der Waals surface area contributed by atoms with Gasteiger partial charge in [0.1, 0.15) is 0 Å². The maximum absolute atomic E-state index is 10.6. The van der Waals surface area contributed by atoms with Gasteiger partial charge in [0, 0.05) is 24.9 Å². The Kier molecular flexibility index (Phi) is 5.05. The highest BCUT2D eigenvalue weighted by molar-refractivity contribution is 5.85. The van der Waals surface area contributed by atoms with Crippen LogP contribution in [0.5, 0.6) is 0 Å². The molecule has 2 atom stereocenters. The Morgan fingerprint density at radius 2 is 2.14 bits per heavy atom. The number of hydrogen-bond donors (Lipinski definition) is 1. The number of anilines is 1. The van der Waals surface area contributed by atoms with Crippen molar-refractivity contribution < 1.29 is 9.90 Å². The fraction of sp³-hybridized carbons (Fsp3) is 0.500. The molecule has 0 radical (unpaired) electrons. The first kappa shape index (κ1) is 15.6. The molecular weight excluding hydrogens is 262 g/mol. The molecule has 1 N–H and O–H groups in total. The first-order valence-corrected chi connectivity index (χ1v) is 7.72. The van der Waals surface area contributed by atoms with E-state index in [0.29, 0.717) is 6.04 Å². The first-order valence-electron chi connectivity index (χ1n) is 7.72. The smallest absolute Gasteiger partial charge is 0.328 e. The van der Waals surface area contributed by atoms with Crippen LogP contribution in [0.3, 0.4) is 0 Å². The van der Waals surface area contributed by atoms with Gasteiger partial charge in [0.25, 0.3) is 0 Å². The summed E-state index contributed by atoms with van der Waals surface area (Å²) in [5, 5.41) is 8.69. The molecular formula is C18H25NO2. The van der Waals surface area contributed by atoms with Crippen molar-refractivity contribution >= 4 is 17.7 Å². The molecule has 2 rings (SSSR count). The van der Waals surface area contributed by atoms with Gasteiger partial charge in [-0.1, -0.05) is 25.8 Å². The van der Waals surface area contributed by atoms with Crippen LogP contribution in [0.15, 0.2) is 24.3 Å². The van der Waals surface area contributed by atoms with E-state index in [9.17, 15) is 4.79 Å². The van der Waals surface area contributed by atoms with E-state index in [1.54, 1.807) is 6.08 Å². The van der Waals surface area contributed by atoms with Crippen molar-refractivity contribution in [3.8, 4) is 0 Å². The number of carbonyl (C=O) groups is 1. The summed E-state index contributed by atoms with van der Waals surface area (Å²) in [7, 11) is 2.18. The fourth-order valence-electron chi connectivity index (χ4n) is 3.30. The number of nitrogens with zero attached hydrogens (tertiary/aromatic N) is 1. The molecule has 0 spiro atoms. The van der Waals surface area contributed by atoms with Gasteiger partial charge < -0.3 is 10.0 Å². The summed E-state index contributed by atoms with van der Waals surface area (Å²) in [6.07, 6.45) is 8.01. The van der Waals surface area contributed by atoms with E-state index in [1.165, 1.54) is 43.0 Å². The molecule has 0 amide bonds. The third-order valence-electron chi connectivity index (χ3n) is 4.48. The Morgan fingerprint density at radius 3 is 2.76 bits per heavy atom. The third kappa shape index (κ3) is 4.10. The van der Waals surface area contributed by atoms with Gasteiger partial charge in [-0.15, -0.1) is 0 Å². The predicted octanol–water partition coefficient (Wildman–Crippen LogP) is 4.11. The Bertz CT molecular complexity index is 536. The van der Waals surface area contributed by atoms with Gasteiger partial charge in [0.05, 0.1) is 0 Å². The van der Waals surface area contributed by atoms with Gasteiger partial charge in [-0.3, -0.25) is 0 Å². The average Bonchev–Trinajstić information content (AvgIpc) is 2.44. The Morgan fingerprint density at radius 1 is 1.38 bits per heavy atom. The minimum absolute atomic E-state index is 0.618. The van der Waals surface area contributed by atoms with Crippen LogP contribution in [-0.4, -0.2) is 24.2 Å². The van der Waals surface area contributed by atoms with Crippen LogP contribution in [-0.2, 0) is 4.79 Å². The molecule has 1 aliphatic rings. The highest BCUT2D eigenvalue weighted by atomic mass is 16.4. The summed E-state index contributed by atoms with van der Waals surface area (Å²) >= 11 is 0. The van der Waals surface area contributed by atoms with Gasteiger partial charge in [-0.05, 0) is 55.0 Å². The largest absolute Gasteiger partial charge is 0.478 e. The van der Waals surface area contributed by atoms with Crippen LogP contribution in [0.1, 0.15) is 43.7 Å². The molecule has 0 heterocycles. The van der Waals surface area contributed by atoms with E-state index < -0.39 is 5.97 Å². The number of carboxylic acid groups (broad SMARTS) is 1. The molecule has 21 heavy (non-hydrogen) atoms. The zero-order valence-electron chi connectivity index (χ0n) is 13.2. The van der Waals surface area contributed by atoms with E-state index in [-0.39, 0.29) is 0 Å². The van der Waals surface area contributed by atoms with Gasteiger partial charge in [-0.2, -0.15) is 0 Å². The SMILES string of the molecule is Cc1cc(C=CC(=O)O)ccc1N(C)C1CCCC(C)C1. The number of aliphatic carboxylic acids is 1. The topological polar surface area (TPSA) is 40.5 Å². The molecule has 1 aromatic carbocycles. The highest BCUT2D eigenvalue weighted by Crippen LogP contribution is 2.31. The Labute approximate surface area is 127 Å². The quantitative estimate of drug-likeness (QED) is 0.847. The van der Waals surface area contributed by atoms with Crippen molar-refractivity contribution in [2.24, 2.45) is 5.92 Å². The summed E-state index contributed by atoms with van der Waals surface area (Å²) in [6, 6.07) is 6.77. The van der Waals surface area contributed by atoms with Crippen molar-refractivity contribution in [2.45, 2.75) is 45.6 Å². The zero-order chi connectivity index (χ0) is 15.4. The molecule has 1 aliphatic carbocycles. The van der Waals surface area contributed by atoms with E-state index in [0.717, 1.165) is 11.5 Å². The lowest BCUT2D eigenvalue weighted by Crippen LogP contribution is -2.35. The van der Waals surface area contributed by atoms with E-state index in [1.807, 2.05) is 6.07 Å². The number of hydrogen-bond acceptors (Lipinski definition) is 2. The summed E-state index contributed by atoms with van der Waals surface area (Å²) in [5.74, 6) is -0.102. The van der Waals surface area contributed by atoms with Crippen LogP contribution in [0.4, 0.5) is 5.69 Å². The number of rotatable bonds is 4. The van der Waals surface area contributed by atoms with Crippen molar-refractivity contribution in [1.82, 2.24) is 0 Å². The molecule has 0 aromatic heterocycles. The van der Waals surface area contributed by atoms with E-state index >= 15 is 0 Å². The lowest BCUT2D eigenvalue weighted by molar-refractivity contribution is -0.131. The molecule has 0 aliphatic heterocycles. The minimum Gasteiger partial charge on any atom is -0.478 e. The van der Waals surface area contributed by atoms with E-state index in [2.05, 4.69) is 37.9 Å². The second-order valence-electron chi connectivity index (χ2n) is 6.25. The normalized spacial score (nSPS) is 22.4. The van der Waals surface area contributed by atoms with Gasteiger partial charge >= 0.3 is 5.97 Å².